The summed E-state index contributed by atoms with van der Waals surface area (Å²) in [6.45, 7) is 4.04. The Morgan fingerprint density at radius 1 is 1.23 bits per heavy atom. The van der Waals surface area contributed by atoms with Crippen LogP contribution in [0.1, 0.15) is 5.56 Å². The highest BCUT2D eigenvalue weighted by Crippen LogP contribution is 2.19. The van der Waals surface area contributed by atoms with Crippen molar-refractivity contribution in [3.8, 4) is 0 Å². The van der Waals surface area contributed by atoms with Crippen molar-refractivity contribution in [2.75, 3.05) is 39.4 Å². The number of ether oxygens (including phenoxy) is 1. The standard InChI is InChI=1S/C16H21ClN2O3/c17-13-3-1-12(2-4-13)9-16(21)19-10-14(15(20)11-19)18-5-7-22-8-6-18/h1-4,14-15,20H,5-11H2/t14-,15-/m1/s1. The van der Waals surface area contributed by atoms with Crippen molar-refractivity contribution in [2.24, 2.45) is 0 Å². The average molecular weight is 325 g/mol. The molecular weight excluding hydrogens is 304 g/mol. The van der Waals surface area contributed by atoms with Gasteiger partial charge in [-0.25, -0.2) is 0 Å². The summed E-state index contributed by atoms with van der Waals surface area (Å²) >= 11 is 5.86. The van der Waals surface area contributed by atoms with Gasteiger partial charge in [0.1, 0.15) is 0 Å². The smallest absolute Gasteiger partial charge is 0.227 e. The van der Waals surface area contributed by atoms with E-state index in [0.717, 1.165) is 18.7 Å². The first-order valence-corrected chi connectivity index (χ1v) is 8.03. The molecule has 1 aromatic rings. The number of carbonyl (C=O) groups excluding carboxylic acids is 1. The number of β-amino-alcohol motifs (C(OH)–C–C–N with tert-alkyl or cyclic N) is 1. The molecule has 0 aliphatic carbocycles. The molecule has 1 aromatic carbocycles. The van der Waals surface area contributed by atoms with Gasteiger partial charge in [0.05, 0.1) is 31.8 Å². The Bertz CT molecular complexity index is 517. The van der Waals surface area contributed by atoms with Crippen LogP contribution in [-0.4, -0.2) is 72.4 Å². The molecule has 2 heterocycles. The van der Waals surface area contributed by atoms with E-state index >= 15 is 0 Å². The maximum atomic E-state index is 12.4. The third kappa shape index (κ3) is 3.60. The third-order valence-corrected chi connectivity index (χ3v) is 4.65. The summed E-state index contributed by atoms with van der Waals surface area (Å²) < 4.78 is 5.34. The molecule has 120 valence electrons. The zero-order valence-electron chi connectivity index (χ0n) is 12.4. The quantitative estimate of drug-likeness (QED) is 0.893. The van der Waals surface area contributed by atoms with Gasteiger partial charge in [0.15, 0.2) is 0 Å². The number of benzene rings is 1. The molecule has 5 nitrogen and oxygen atoms in total. The van der Waals surface area contributed by atoms with Gasteiger partial charge in [-0.15, -0.1) is 0 Å². The second-order valence-corrected chi connectivity index (χ2v) is 6.32. The molecule has 2 atom stereocenters. The van der Waals surface area contributed by atoms with Crippen LogP contribution in [0.25, 0.3) is 0 Å². The lowest BCUT2D eigenvalue weighted by Crippen LogP contribution is -2.49. The Labute approximate surface area is 135 Å². The van der Waals surface area contributed by atoms with Crippen molar-refractivity contribution in [2.45, 2.75) is 18.6 Å². The van der Waals surface area contributed by atoms with Crippen LogP contribution in [-0.2, 0) is 16.0 Å². The van der Waals surface area contributed by atoms with E-state index in [-0.39, 0.29) is 11.9 Å². The maximum Gasteiger partial charge on any atom is 0.227 e. The Morgan fingerprint density at radius 3 is 2.59 bits per heavy atom. The number of nitrogens with zero attached hydrogens (tertiary/aromatic N) is 2. The van der Waals surface area contributed by atoms with Gasteiger partial charge in [-0.05, 0) is 17.7 Å². The normalized spacial score (nSPS) is 26.4. The molecule has 2 aliphatic heterocycles. The maximum absolute atomic E-state index is 12.4. The van der Waals surface area contributed by atoms with E-state index in [0.29, 0.717) is 37.7 Å². The molecule has 0 aromatic heterocycles. The summed E-state index contributed by atoms with van der Waals surface area (Å²) in [5.41, 5.74) is 0.943. The predicted octanol–water partition coefficient (Wildman–Crippen LogP) is 0.786. The second kappa shape index (κ2) is 6.96. The lowest BCUT2D eigenvalue weighted by molar-refractivity contribution is -0.129. The Balaban J connectivity index is 1.58. The number of likely N-dealkylation sites (tertiary alicyclic amines) is 1. The highest BCUT2D eigenvalue weighted by Gasteiger charge is 2.37. The number of aliphatic hydroxyl groups is 1. The fourth-order valence-corrected chi connectivity index (χ4v) is 3.26. The molecule has 3 rings (SSSR count). The number of hydrogen-bond acceptors (Lipinski definition) is 4. The van der Waals surface area contributed by atoms with E-state index in [1.165, 1.54) is 0 Å². The Morgan fingerprint density at radius 2 is 1.91 bits per heavy atom. The number of rotatable bonds is 3. The topological polar surface area (TPSA) is 53.0 Å². The van der Waals surface area contributed by atoms with Gasteiger partial charge in [0.25, 0.3) is 0 Å². The van der Waals surface area contributed by atoms with E-state index < -0.39 is 6.10 Å². The molecule has 2 aliphatic rings. The van der Waals surface area contributed by atoms with Crippen LogP contribution in [0.3, 0.4) is 0 Å². The molecule has 0 radical (unpaired) electrons. The van der Waals surface area contributed by atoms with Gasteiger partial charge in [-0.3, -0.25) is 9.69 Å². The minimum absolute atomic E-state index is 0.0260. The number of hydrogen-bond donors (Lipinski definition) is 1. The number of halogens is 1. The van der Waals surface area contributed by atoms with Crippen molar-refractivity contribution < 1.29 is 14.6 Å². The first kappa shape index (κ1) is 15.7. The lowest BCUT2D eigenvalue weighted by Gasteiger charge is -2.33. The Hall–Kier alpha value is -1.14. The van der Waals surface area contributed by atoms with Crippen molar-refractivity contribution in [3.63, 3.8) is 0 Å². The van der Waals surface area contributed by atoms with E-state index in [1.807, 2.05) is 12.1 Å². The first-order valence-electron chi connectivity index (χ1n) is 7.65. The van der Waals surface area contributed by atoms with Gasteiger partial charge in [0.2, 0.25) is 5.91 Å². The van der Waals surface area contributed by atoms with Gasteiger partial charge in [-0.1, -0.05) is 23.7 Å². The van der Waals surface area contributed by atoms with Crippen LogP contribution in [0.4, 0.5) is 0 Å². The van der Waals surface area contributed by atoms with E-state index in [9.17, 15) is 9.90 Å². The van der Waals surface area contributed by atoms with Crippen molar-refractivity contribution in [1.82, 2.24) is 9.80 Å². The summed E-state index contributed by atoms with van der Waals surface area (Å²) in [6, 6.07) is 7.34. The van der Waals surface area contributed by atoms with E-state index in [1.54, 1.807) is 17.0 Å². The molecule has 1 amide bonds. The summed E-state index contributed by atoms with van der Waals surface area (Å²) in [4.78, 5) is 16.4. The molecule has 0 unspecified atom stereocenters. The minimum Gasteiger partial charge on any atom is -0.390 e. The average Bonchev–Trinajstić information content (AvgIpc) is 2.92. The largest absolute Gasteiger partial charge is 0.390 e. The summed E-state index contributed by atoms with van der Waals surface area (Å²) in [5.74, 6) is 0.0529. The molecule has 2 fully saturated rings. The number of aliphatic hydroxyl groups excluding tert-OH is 1. The fourth-order valence-electron chi connectivity index (χ4n) is 3.13. The van der Waals surface area contributed by atoms with Crippen LogP contribution in [0, 0.1) is 0 Å². The van der Waals surface area contributed by atoms with Crippen LogP contribution in [0.15, 0.2) is 24.3 Å². The molecule has 22 heavy (non-hydrogen) atoms. The summed E-state index contributed by atoms with van der Waals surface area (Å²) in [7, 11) is 0. The summed E-state index contributed by atoms with van der Waals surface area (Å²) in [5, 5.41) is 10.9. The number of amides is 1. The van der Waals surface area contributed by atoms with Gasteiger partial charge < -0.3 is 14.7 Å². The van der Waals surface area contributed by atoms with E-state index in [4.69, 9.17) is 16.3 Å². The minimum atomic E-state index is -0.479. The van der Waals surface area contributed by atoms with Gasteiger partial charge in [0, 0.05) is 31.2 Å². The molecule has 2 saturated heterocycles. The lowest BCUT2D eigenvalue weighted by atomic mass is 10.1. The van der Waals surface area contributed by atoms with Crippen molar-refractivity contribution in [1.29, 1.82) is 0 Å². The highest BCUT2D eigenvalue weighted by atomic mass is 35.5. The second-order valence-electron chi connectivity index (χ2n) is 5.89. The molecule has 0 saturated carbocycles. The number of morpholine rings is 1. The fraction of sp³-hybridized carbons (Fsp3) is 0.562. The highest BCUT2D eigenvalue weighted by molar-refractivity contribution is 6.30. The van der Waals surface area contributed by atoms with Crippen LogP contribution < -0.4 is 0 Å². The predicted molar refractivity (Wildman–Crippen MR) is 83.9 cm³/mol. The van der Waals surface area contributed by atoms with Gasteiger partial charge >= 0.3 is 0 Å². The van der Waals surface area contributed by atoms with E-state index in [2.05, 4.69) is 4.90 Å². The molecule has 0 spiro atoms. The molecule has 1 N–H and O–H groups in total. The number of carbonyl (C=O) groups is 1. The van der Waals surface area contributed by atoms with Crippen molar-refractivity contribution in [3.05, 3.63) is 34.9 Å². The molecule has 0 bridgehead atoms. The zero-order chi connectivity index (χ0) is 15.5. The SMILES string of the molecule is O=C(Cc1ccc(Cl)cc1)N1C[C@@H](O)[C@H](N2CCOCC2)C1. The van der Waals surface area contributed by atoms with Gasteiger partial charge in [-0.2, -0.15) is 0 Å². The third-order valence-electron chi connectivity index (χ3n) is 4.40. The van der Waals surface area contributed by atoms with Crippen LogP contribution >= 0.6 is 11.6 Å². The monoisotopic (exact) mass is 324 g/mol. The molecule has 6 heteroatoms. The zero-order valence-corrected chi connectivity index (χ0v) is 13.2. The van der Waals surface area contributed by atoms with Crippen LogP contribution in [0.5, 0.6) is 0 Å². The van der Waals surface area contributed by atoms with Crippen molar-refractivity contribution >= 4 is 17.5 Å². The molecular formula is C16H21ClN2O3. The summed E-state index contributed by atoms with van der Waals surface area (Å²) in [6.07, 6.45) is -0.132. The Kier molecular flexibility index (Phi) is 4.98. The first-order chi connectivity index (χ1) is 10.6. The van der Waals surface area contributed by atoms with Crippen LogP contribution in [0.2, 0.25) is 5.02 Å².